The average molecular weight is 636 g/mol. The van der Waals surface area contributed by atoms with Crippen LogP contribution in [0.15, 0.2) is 114 Å². The lowest BCUT2D eigenvalue weighted by molar-refractivity contribution is -0.140. The van der Waals surface area contributed by atoms with Crippen LogP contribution in [-0.2, 0) is 32.6 Å². The molecule has 230 valence electrons. The number of nitrogens with zero attached hydrogens (tertiary/aromatic N) is 2. The molecule has 0 heterocycles. The van der Waals surface area contributed by atoms with Crippen molar-refractivity contribution in [1.82, 2.24) is 10.2 Å². The predicted molar refractivity (Wildman–Crippen MR) is 171 cm³/mol. The minimum absolute atomic E-state index is 0.0392. The third-order valence-electron chi connectivity index (χ3n) is 6.93. The molecule has 0 spiro atoms. The zero-order chi connectivity index (χ0) is 31.7. The number of anilines is 1. The van der Waals surface area contributed by atoms with Crippen molar-refractivity contribution in [2.75, 3.05) is 17.4 Å². The lowest BCUT2D eigenvalue weighted by Gasteiger charge is -2.34. The van der Waals surface area contributed by atoms with Gasteiger partial charge >= 0.3 is 0 Å². The second kappa shape index (κ2) is 15.0. The molecule has 0 unspecified atom stereocenters. The molecular formula is C34H35ClFN3O4S. The van der Waals surface area contributed by atoms with Gasteiger partial charge in [0.05, 0.1) is 10.6 Å². The van der Waals surface area contributed by atoms with Crippen molar-refractivity contribution in [2.45, 2.75) is 37.8 Å². The van der Waals surface area contributed by atoms with Crippen molar-refractivity contribution in [3.63, 3.8) is 0 Å². The van der Waals surface area contributed by atoms with Crippen molar-refractivity contribution in [3.8, 4) is 0 Å². The summed E-state index contributed by atoms with van der Waals surface area (Å²) < 4.78 is 43.7. The predicted octanol–water partition coefficient (Wildman–Crippen LogP) is 6.09. The number of carbonyl (C=O) groups is 2. The monoisotopic (exact) mass is 635 g/mol. The van der Waals surface area contributed by atoms with Gasteiger partial charge in [-0.3, -0.25) is 13.9 Å². The Kier molecular flexibility index (Phi) is 11.1. The number of hydrogen-bond donors (Lipinski definition) is 1. The van der Waals surface area contributed by atoms with E-state index in [4.69, 9.17) is 11.6 Å². The minimum atomic E-state index is -4.39. The third-order valence-corrected chi connectivity index (χ3v) is 8.94. The zero-order valence-electron chi connectivity index (χ0n) is 24.6. The quantitative estimate of drug-likeness (QED) is 0.193. The van der Waals surface area contributed by atoms with E-state index in [0.717, 1.165) is 15.9 Å². The van der Waals surface area contributed by atoms with Gasteiger partial charge in [0.1, 0.15) is 18.4 Å². The summed E-state index contributed by atoms with van der Waals surface area (Å²) in [5, 5.41) is 3.38. The number of nitrogens with one attached hydrogen (secondary N) is 1. The number of rotatable bonds is 13. The third kappa shape index (κ3) is 8.45. The molecule has 0 radical (unpaired) electrons. The van der Waals surface area contributed by atoms with Crippen molar-refractivity contribution in [2.24, 2.45) is 5.92 Å². The van der Waals surface area contributed by atoms with E-state index in [1.165, 1.54) is 35.2 Å². The summed E-state index contributed by atoms with van der Waals surface area (Å²) in [7, 11) is -4.39. The number of carbonyl (C=O) groups excluding carboxylic acids is 2. The van der Waals surface area contributed by atoms with Gasteiger partial charge in [-0.2, -0.15) is 0 Å². The van der Waals surface area contributed by atoms with E-state index in [9.17, 15) is 18.0 Å². The number of para-hydroxylation sites is 1. The molecule has 4 aromatic carbocycles. The molecule has 0 saturated heterocycles. The molecule has 0 aliphatic carbocycles. The van der Waals surface area contributed by atoms with Crippen LogP contribution in [0.3, 0.4) is 0 Å². The number of benzene rings is 4. The van der Waals surface area contributed by atoms with Crippen LogP contribution in [0.5, 0.6) is 0 Å². The highest BCUT2D eigenvalue weighted by Crippen LogP contribution is 2.27. The normalized spacial score (nSPS) is 12.0. The van der Waals surface area contributed by atoms with Crippen LogP contribution in [-0.4, -0.2) is 44.3 Å². The van der Waals surface area contributed by atoms with Crippen LogP contribution in [0.1, 0.15) is 25.0 Å². The standard InChI is InChI=1S/C34H35ClFN3O4S/c1-25(2)22-37-34(41)32(21-26-12-5-3-6-13-26)38(23-27-14-11-15-28(35)20-27)33(40)24-39(31-19-10-9-18-30(31)36)44(42,43)29-16-7-4-8-17-29/h3-20,25,32H,21-24H2,1-2H3,(H,37,41)/t32-/m1/s1. The molecule has 1 atom stereocenters. The number of sulfonamides is 1. The molecular weight excluding hydrogens is 601 g/mol. The summed E-state index contributed by atoms with van der Waals surface area (Å²) in [6, 6.07) is 28.0. The maximum atomic E-state index is 15.2. The van der Waals surface area contributed by atoms with E-state index in [2.05, 4.69) is 5.32 Å². The zero-order valence-corrected chi connectivity index (χ0v) is 26.1. The Morgan fingerprint density at radius 3 is 2.09 bits per heavy atom. The van der Waals surface area contributed by atoms with E-state index in [1.54, 1.807) is 42.5 Å². The van der Waals surface area contributed by atoms with Gasteiger partial charge in [0.2, 0.25) is 11.8 Å². The molecule has 2 amide bonds. The van der Waals surface area contributed by atoms with E-state index in [-0.39, 0.29) is 35.4 Å². The van der Waals surface area contributed by atoms with Crippen LogP contribution in [0, 0.1) is 11.7 Å². The molecule has 0 bridgehead atoms. The summed E-state index contributed by atoms with van der Waals surface area (Å²) in [4.78, 5) is 29.4. The molecule has 4 rings (SSSR count). The molecule has 10 heteroatoms. The van der Waals surface area contributed by atoms with Crippen molar-refractivity contribution in [1.29, 1.82) is 0 Å². The van der Waals surface area contributed by atoms with Gasteiger partial charge in [-0.05, 0) is 53.4 Å². The van der Waals surface area contributed by atoms with Crippen LogP contribution >= 0.6 is 11.6 Å². The first-order chi connectivity index (χ1) is 21.1. The van der Waals surface area contributed by atoms with Gasteiger partial charge in [-0.25, -0.2) is 12.8 Å². The Morgan fingerprint density at radius 2 is 1.45 bits per heavy atom. The molecule has 4 aromatic rings. The van der Waals surface area contributed by atoms with Gasteiger partial charge in [0.25, 0.3) is 10.0 Å². The Balaban J connectivity index is 1.80. The molecule has 7 nitrogen and oxygen atoms in total. The van der Waals surface area contributed by atoms with Crippen LogP contribution < -0.4 is 9.62 Å². The summed E-state index contributed by atoms with van der Waals surface area (Å²) in [6.45, 7) is 3.52. The summed E-state index contributed by atoms with van der Waals surface area (Å²) >= 11 is 6.26. The van der Waals surface area contributed by atoms with E-state index < -0.39 is 34.3 Å². The summed E-state index contributed by atoms with van der Waals surface area (Å²) in [5.41, 5.74) is 1.17. The first-order valence-corrected chi connectivity index (χ1v) is 16.1. The lowest BCUT2D eigenvalue weighted by Crippen LogP contribution is -2.53. The lowest BCUT2D eigenvalue weighted by atomic mass is 10.0. The maximum Gasteiger partial charge on any atom is 0.264 e. The van der Waals surface area contributed by atoms with Crippen molar-refractivity contribution in [3.05, 3.63) is 131 Å². The minimum Gasteiger partial charge on any atom is -0.354 e. The topological polar surface area (TPSA) is 86.8 Å². The molecule has 0 aliphatic rings. The SMILES string of the molecule is CC(C)CNC(=O)[C@@H](Cc1ccccc1)N(Cc1cccc(Cl)c1)C(=O)CN(c1ccccc1F)S(=O)(=O)c1ccccc1. The second-order valence-corrected chi connectivity index (χ2v) is 13.1. The molecule has 1 N–H and O–H groups in total. The van der Waals surface area contributed by atoms with E-state index in [0.29, 0.717) is 17.1 Å². The van der Waals surface area contributed by atoms with Crippen LogP contribution in [0.2, 0.25) is 5.02 Å². The fourth-order valence-corrected chi connectivity index (χ4v) is 6.35. The first-order valence-electron chi connectivity index (χ1n) is 14.2. The molecule has 44 heavy (non-hydrogen) atoms. The number of amides is 2. The van der Waals surface area contributed by atoms with Crippen LogP contribution in [0.4, 0.5) is 10.1 Å². The number of hydrogen-bond acceptors (Lipinski definition) is 4. The Labute approximate surface area is 263 Å². The fourth-order valence-electron chi connectivity index (χ4n) is 4.70. The highest BCUT2D eigenvalue weighted by atomic mass is 35.5. The fraction of sp³-hybridized carbons (Fsp3) is 0.235. The van der Waals surface area contributed by atoms with Crippen molar-refractivity contribution < 1.29 is 22.4 Å². The van der Waals surface area contributed by atoms with Gasteiger partial charge in [0.15, 0.2) is 0 Å². The van der Waals surface area contributed by atoms with E-state index in [1.807, 2.05) is 44.2 Å². The Morgan fingerprint density at radius 1 is 0.841 bits per heavy atom. The molecule has 0 saturated carbocycles. The average Bonchev–Trinajstić information content (AvgIpc) is 3.01. The maximum absolute atomic E-state index is 15.2. The van der Waals surface area contributed by atoms with Gasteiger partial charge < -0.3 is 10.2 Å². The highest BCUT2D eigenvalue weighted by Gasteiger charge is 2.35. The molecule has 0 aliphatic heterocycles. The Hall–Kier alpha value is -4.21. The smallest absolute Gasteiger partial charge is 0.264 e. The molecule has 0 fully saturated rings. The van der Waals surface area contributed by atoms with Gasteiger partial charge in [-0.1, -0.05) is 98.2 Å². The highest BCUT2D eigenvalue weighted by molar-refractivity contribution is 7.92. The molecule has 0 aromatic heterocycles. The largest absolute Gasteiger partial charge is 0.354 e. The van der Waals surface area contributed by atoms with Crippen molar-refractivity contribution >= 4 is 39.1 Å². The Bertz CT molecular complexity index is 1670. The van der Waals surface area contributed by atoms with Crippen LogP contribution in [0.25, 0.3) is 0 Å². The summed E-state index contributed by atoms with van der Waals surface area (Å²) in [5.74, 6) is -1.73. The van der Waals surface area contributed by atoms with Gasteiger partial charge in [0, 0.05) is 24.5 Å². The van der Waals surface area contributed by atoms with Gasteiger partial charge in [-0.15, -0.1) is 0 Å². The number of halogens is 2. The first kappa shape index (κ1) is 32.7. The summed E-state index contributed by atoms with van der Waals surface area (Å²) in [6.07, 6.45) is 0.169. The second-order valence-electron chi connectivity index (χ2n) is 10.8. The van der Waals surface area contributed by atoms with E-state index >= 15 is 4.39 Å².